The maximum absolute atomic E-state index is 11.7. The molecule has 4 rings (SSSR count). The van der Waals surface area contributed by atoms with Gasteiger partial charge < -0.3 is 4.57 Å². The van der Waals surface area contributed by atoms with E-state index in [1.807, 2.05) is 24.4 Å². The second-order valence-electron chi connectivity index (χ2n) is 6.18. The highest BCUT2D eigenvalue weighted by atomic mass is 16.5. The van der Waals surface area contributed by atoms with Crippen LogP contribution in [0.3, 0.4) is 0 Å². The Bertz CT molecular complexity index is 1080. The molecule has 3 N–H and O–H groups in total. The van der Waals surface area contributed by atoms with Crippen molar-refractivity contribution in [3.63, 3.8) is 0 Å². The highest BCUT2D eigenvalue weighted by Gasteiger charge is 2.18. The largest absolute Gasteiger partial charge is 0.339 e. The SMILES string of the molecule is Cc1ccc(Cn2c3ccccc3c3cc(C(=O)NO)[nH+]cc32)cc1. The first-order chi connectivity index (χ1) is 12.2. The first kappa shape index (κ1) is 15.4. The summed E-state index contributed by atoms with van der Waals surface area (Å²) in [5.74, 6) is -0.558. The Morgan fingerprint density at radius 2 is 1.84 bits per heavy atom. The molecule has 2 heterocycles. The number of nitrogens with zero attached hydrogens (tertiary/aromatic N) is 1. The number of aryl methyl sites for hydroxylation is 1. The number of rotatable bonds is 3. The Labute approximate surface area is 144 Å². The van der Waals surface area contributed by atoms with Gasteiger partial charge in [-0.25, -0.2) is 10.5 Å². The Morgan fingerprint density at radius 1 is 1.08 bits per heavy atom. The fourth-order valence-electron chi connectivity index (χ4n) is 3.23. The minimum absolute atomic E-state index is 0.313. The Kier molecular flexibility index (Phi) is 3.71. The second-order valence-corrected chi connectivity index (χ2v) is 6.18. The molecule has 25 heavy (non-hydrogen) atoms. The summed E-state index contributed by atoms with van der Waals surface area (Å²) in [4.78, 5) is 14.7. The maximum atomic E-state index is 11.7. The molecule has 124 valence electrons. The van der Waals surface area contributed by atoms with Crippen molar-refractivity contribution in [3.05, 3.63) is 77.6 Å². The van der Waals surface area contributed by atoms with E-state index in [9.17, 15) is 4.79 Å². The molecule has 2 aromatic carbocycles. The molecule has 0 saturated heterocycles. The standard InChI is InChI=1S/C20H17N3O2/c1-13-6-8-14(9-7-13)12-23-18-5-3-2-4-15(18)16-10-17(20(24)22-25)21-11-19(16)23/h2-11,25H,12H2,1H3,(H,22,24)/p+1. The van der Waals surface area contributed by atoms with Crippen molar-refractivity contribution in [2.45, 2.75) is 13.5 Å². The molecule has 0 fully saturated rings. The lowest BCUT2D eigenvalue weighted by Crippen LogP contribution is -2.26. The summed E-state index contributed by atoms with van der Waals surface area (Å²) in [5, 5.41) is 10.9. The highest BCUT2D eigenvalue weighted by Crippen LogP contribution is 2.29. The molecule has 2 aromatic heterocycles. The predicted octanol–water partition coefficient (Wildman–Crippen LogP) is 3.08. The van der Waals surface area contributed by atoms with E-state index < -0.39 is 5.91 Å². The molecule has 5 nitrogen and oxygen atoms in total. The van der Waals surface area contributed by atoms with Crippen molar-refractivity contribution >= 4 is 27.7 Å². The van der Waals surface area contributed by atoms with Crippen LogP contribution >= 0.6 is 0 Å². The van der Waals surface area contributed by atoms with Crippen molar-refractivity contribution in [2.75, 3.05) is 0 Å². The van der Waals surface area contributed by atoms with E-state index in [0.29, 0.717) is 5.69 Å². The average Bonchev–Trinajstić information content (AvgIpc) is 2.96. The van der Waals surface area contributed by atoms with Crippen molar-refractivity contribution < 1.29 is 15.0 Å². The van der Waals surface area contributed by atoms with E-state index in [1.165, 1.54) is 11.1 Å². The van der Waals surface area contributed by atoms with Crippen molar-refractivity contribution in [1.82, 2.24) is 10.0 Å². The van der Waals surface area contributed by atoms with Gasteiger partial charge in [-0.2, -0.15) is 0 Å². The van der Waals surface area contributed by atoms with Gasteiger partial charge >= 0.3 is 5.91 Å². The molecule has 0 atom stereocenters. The Hall–Kier alpha value is -3.18. The summed E-state index contributed by atoms with van der Waals surface area (Å²) in [6, 6.07) is 18.4. The Balaban J connectivity index is 1.92. The normalized spacial score (nSPS) is 11.1. The van der Waals surface area contributed by atoms with Crippen LogP contribution in [0.4, 0.5) is 0 Å². The van der Waals surface area contributed by atoms with Gasteiger partial charge in [0.15, 0.2) is 6.20 Å². The molecule has 0 unspecified atom stereocenters. The number of amides is 1. The van der Waals surface area contributed by atoms with Gasteiger partial charge in [-0.3, -0.25) is 10.0 Å². The van der Waals surface area contributed by atoms with E-state index in [1.54, 1.807) is 11.5 Å². The number of hydrogen-bond acceptors (Lipinski definition) is 2. The van der Waals surface area contributed by atoms with Crippen molar-refractivity contribution in [2.24, 2.45) is 0 Å². The van der Waals surface area contributed by atoms with Crippen LogP contribution < -0.4 is 10.5 Å². The number of pyridine rings is 1. The van der Waals surface area contributed by atoms with E-state index in [2.05, 4.69) is 46.8 Å². The summed E-state index contributed by atoms with van der Waals surface area (Å²) < 4.78 is 2.23. The molecule has 0 radical (unpaired) electrons. The number of aromatic nitrogens is 2. The van der Waals surface area contributed by atoms with Crippen LogP contribution in [0.15, 0.2) is 60.8 Å². The molecule has 0 aliphatic rings. The zero-order valence-electron chi connectivity index (χ0n) is 13.8. The first-order valence-corrected chi connectivity index (χ1v) is 8.10. The van der Waals surface area contributed by atoms with Crippen LogP contribution in [-0.4, -0.2) is 15.7 Å². The molecule has 0 aliphatic carbocycles. The number of H-pyrrole nitrogens is 1. The number of carbonyl (C=O) groups is 1. The molecule has 0 saturated carbocycles. The summed E-state index contributed by atoms with van der Waals surface area (Å²) in [6.45, 7) is 2.82. The first-order valence-electron chi connectivity index (χ1n) is 8.10. The van der Waals surface area contributed by atoms with Gasteiger partial charge in [-0.1, -0.05) is 48.0 Å². The predicted molar refractivity (Wildman–Crippen MR) is 95.5 cm³/mol. The average molecular weight is 332 g/mol. The fourth-order valence-corrected chi connectivity index (χ4v) is 3.23. The minimum atomic E-state index is -0.558. The van der Waals surface area contributed by atoms with E-state index in [4.69, 9.17) is 5.21 Å². The number of nitrogens with one attached hydrogen (secondary N) is 2. The molecule has 4 aromatic rings. The van der Waals surface area contributed by atoms with Crippen LogP contribution in [0.2, 0.25) is 0 Å². The molecular weight excluding hydrogens is 314 g/mol. The van der Waals surface area contributed by atoms with Crippen LogP contribution in [0, 0.1) is 6.92 Å². The van der Waals surface area contributed by atoms with Crippen LogP contribution in [0.5, 0.6) is 0 Å². The molecule has 0 aliphatic heterocycles. The topological polar surface area (TPSA) is 68.4 Å². The van der Waals surface area contributed by atoms with E-state index in [-0.39, 0.29) is 0 Å². The number of hydroxylamine groups is 1. The second kappa shape index (κ2) is 6.03. The van der Waals surface area contributed by atoms with E-state index in [0.717, 1.165) is 28.4 Å². The molecule has 0 bridgehead atoms. The quantitative estimate of drug-likeness (QED) is 0.447. The van der Waals surface area contributed by atoms with Crippen LogP contribution in [-0.2, 0) is 6.54 Å². The molecule has 5 heteroatoms. The van der Waals surface area contributed by atoms with Crippen LogP contribution in [0.1, 0.15) is 21.6 Å². The van der Waals surface area contributed by atoms with Gasteiger partial charge in [0.05, 0.1) is 0 Å². The third-order valence-electron chi connectivity index (χ3n) is 4.51. The summed E-state index contributed by atoms with van der Waals surface area (Å²) >= 11 is 0. The number of fused-ring (bicyclic) bond motifs is 3. The van der Waals surface area contributed by atoms with Gasteiger partial charge in [0.2, 0.25) is 0 Å². The van der Waals surface area contributed by atoms with Crippen molar-refractivity contribution in [1.29, 1.82) is 0 Å². The maximum Gasteiger partial charge on any atom is 0.339 e. The minimum Gasteiger partial charge on any atom is -0.331 e. The van der Waals surface area contributed by atoms with Gasteiger partial charge in [-0.15, -0.1) is 0 Å². The molecular formula is C20H18N3O2+. The van der Waals surface area contributed by atoms with Gasteiger partial charge in [0.1, 0.15) is 5.52 Å². The van der Waals surface area contributed by atoms with Crippen LogP contribution in [0.25, 0.3) is 21.8 Å². The fraction of sp³-hybridized carbons (Fsp3) is 0.100. The lowest BCUT2D eigenvalue weighted by atomic mass is 10.1. The summed E-state index contributed by atoms with van der Waals surface area (Å²) in [7, 11) is 0. The zero-order chi connectivity index (χ0) is 17.4. The number of carbonyl (C=O) groups excluding carboxylic acids is 1. The Morgan fingerprint density at radius 3 is 2.60 bits per heavy atom. The lowest BCUT2D eigenvalue weighted by molar-refractivity contribution is -0.380. The number of aromatic amines is 1. The number of hydrogen-bond donors (Lipinski definition) is 2. The number of benzene rings is 2. The lowest BCUT2D eigenvalue weighted by Gasteiger charge is -2.07. The van der Waals surface area contributed by atoms with Gasteiger partial charge in [0, 0.05) is 28.9 Å². The monoisotopic (exact) mass is 332 g/mol. The smallest absolute Gasteiger partial charge is 0.331 e. The highest BCUT2D eigenvalue weighted by molar-refractivity contribution is 6.09. The number of para-hydroxylation sites is 1. The third-order valence-corrected chi connectivity index (χ3v) is 4.51. The van der Waals surface area contributed by atoms with Crippen molar-refractivity contribution in [3.8, 4) is 0 Å². The van der Waals surface area contributed by atoms with E-state index >= 15 is 0 Å². The molecule has 0 spiro atoms. The summed E-state index contributed by atoms with van der Waals surface area (Å²) in [5.41, 5.74) is 6.55. The van der Waals surface area contributed by atoms with Gasteiger partial charge in [-0.05, 0) is 18.6 Å². The zero-order valence-corrected chi connectivity index (χ0v) is 13.8. The third kappa shape index (κ3) is 2.64. The molecule has 1 amide bonds. The van der Waals surface area contributed by atoms with Gasteiger partial charge in [0.25, 0.3) is 5.69 Å². The summed E-state index contributed by atoms with van der Waals surface area (Å²) in [6.07, 6.45) is 1.81.